The van der Waals surface area contributed by atoms with Crippen LogP contribution in [0.1, 0.15) is 30.4 Å². The van der Waals surface area contributed by atoms with E-state index in [4.69, 9.17) is 0 Å². The maximum Gasteiger partial charge on any atom is 0.222 e. The van der Waals surface area contributed by atoms with Gasteiger partial charge < -0.3 is 4.90 Å². The number of benzene rings is 2. The van der Waals surface area contributed by atoms with Gasteiger partial charge in [0.1, 0.15) is 0 Å². The second-order valence-corrected chi connectivity index (χ2v) is 6.84. The molecule has 1 aromatic heterocycles. The number of hydrogen-bond acceptors (Lipinski definition) is 2. The molecule has 0 spiro atoms. The monoisotopic (exact) mass is 332 g/mol. The summed E-state index contributed by atoms with van der Waals surface area (Å²) in [5.74, 6) is 0.317. The highest BCUT2D eigenvalue weighted by molar-refractivity contribution is 5.95. The Labute approximate surface area is 149 Å². The average molecular weight is 332 g/mol. The van der Waals surface area contributed by atoms with E-state index in [1.54, 1.807) is 19.0 Å². The first-order valence-electron chi connectivity index (χ1n) is 8.62. The van der Waals surface area contributed by atoms with Crippen LogP contribution < -0.4 is 0 Å². The number of nitrogens with zero attached hydrogens (tertiary/aromatic N) is 2. The smallest absolute Gasteiger partial charge is 0.222 e. The number of aryl methyl sites for hydroxylation is 1. The third-order valence-electron chi connectivity index (χ3n) is 4.75. The van der Waals surface area contributed by atoms with Crippen molar-refractivity contribution in [3.63, 3.8) is 0 Å². The molecule has 0 aliphatic heterocycles. The fourth-order valence-corrected chi connectivity index (χ4v) is 3.14. The molecular formula is C22H24N2O. The molecule has 1 heterocycles. The van der Waals surface area contributed by atoms with Gasteiger partial charge in [0.05, 0.1) is 5.52 Å². The largest absolute Gasteiger partial charge is 0.349 e. The normalized spacial score (nSPS) is 12.2. The van der Waals surface area contributed by atoms with E-state index in [0.29, 0.717) is 6.42 Å². The van der Waals surface area contributed by atoms with Crippen molar-refractivity contribution in [2.45, 2.75) is 26.2 Å². The Kier molecular flexibility index (Phi) is 4.84. The molecule has 0 unspecified atom stereocenters. The van der Waals surface area contributed by atoms with Gasteiger partial charge in [-0.15, -0.1) is 0 Å². The summed E-state index contributed by atoms with van der Waals surface area (Å²) in [5, 5.41) is 1.15. The van der Waals surface area contributed by atoms with E-state index in [2.05, 4.69) is 67.4 Å². The predicted molar refractivity (Wildman–Crippen MR) is 104 cm³/mol. The number of carbonyl (C=O) groups is 1. The minimum Gasteiger partial charge on any atom is -0.349 e. The van der Waals surface area contributed by atoms with Crippen LogP contribution in [0, 0.1) is 6.92 Å². The molecule has 1 amide bonds. The van der Waals surface area contributed by atoms with E-state index in [1.807, 2.05) is 6.20 Å². The summed E-state index contributed by atoms with van der Waals surface area (Å²) in [7, 11) is 3.59. The van der Waals surface area contributed by atoms with Crippen molar-refractivity contribution < 1.29 is 4.79 Å². The van der Waals surface area contributed by atoms with Crippen LogP contribution in [0.5, 0.6) is 0 Å². The van der Waals surface area contributed by atoms with Gasteiger partial charge in [0.15, 0.2) is 0 Å². The van der Waals surface area contributed by atoms with Crippen molar-refractivity contribution >= 4 is 16.8 Å². The summed E-state index contributed by atoms with van der Waals surface area (Å²) in [6.07, 6.45) is 2.37. The highest BCUT2D eigenvalue weighted by Crippen LogP contribution is 2.31. The summed E-state index contributed by atoms with van der Waals surface area (Å²) in [4.78, 5) is 18.2. The summed E-state index contributed by atoms with van der Waals surface area (Å²) in [5.41, 5.74) is 5.81. The molecule has 0 bridgehead atoms. The van der Waals surface area contributed by atoms with Gasteiger partial charge in [-0.1, -0.05) is 43.3 Å². The van der Waals surface area contributed by atoms with Crippen molar-refractivity contribution in [2.75, 3.05) is 14.1 Å². The lowest BCUT2D eigenvalue weighted by Crippen LogP contribution is -2.23. The Morgan fingerprint density at radius 2 is 1.84 bits per heavy atom. The number of amides is 1. The molecule has 0 saturated carbocycles. The molecule has 1 atom stereocenters. The van der Waals surface area contributed by atoms with Gasteiger partial charge in [0.25, 0.3) is 0 Å². The molecule has 3 heteroatoms. The summed E-state index contributed by atoms with van der Waals surface area (Å²) < 4.78 is 0. The van der Waals surface area contributed by atoms with Crippen molar-refractivity contribution in [3.8, 4) is 11.1 Å². The van der Waals surface area contributed by atoms with Crippen LogP contribution in [0.2, 0.25) is 0 Å². The Balaban J connectivity index is 2.00. The number of pyridine rings is 1. The first kappa shape index (κ1) is 17.2. The maximum absolute atomic E-state index is 12.0. The van der Waals surface area contributed by atoms with Gasteiger partial charge in [-0.25, -0.2) is 0 Å². The SMILES string of the molecule is Cc1ccccc1-c1ccnc2cc([C@H](C)CC(=O)N(C)C)ccc12. The van der Waals surface area contributed by atoms with Crippen LogP contribution in [-0.2, 0) is 4.79 Å². The number of rotatable bonds is 4. The molecular weight excluding hydrogens is 308 g/mol. The van der Waals surface area contributed by atoms with E-state index < -0.39 is 0 Å². The van der Waals surface area contributed by atoms with E-state index >= 15 is 0 Å². The highest BCUT2D eigenvalue weighted by Gasteiger charge is 2.14. The topological polar surface area (TPSA) is 33.2 Å². The van der Waals surface area contributed by atoms with Crippen LogP contribution in [0.25, 0.3) is 22.0 Å². The molecule has 0 fully saturated rings. The zero-order chi connectivity index (χ0) is 18.0. The van der Waals surface area contributed by atoms with E-state index in [9.17, 15) is 4.79 Å². The van der Waals surface area contributed by atoms with Crippen LogP contribution in [-0.4, -0.2) is 29.9 Å². The zero-order valence-corrected chi connectivity index (χ0v) is 15.3. The van der Waals surface area contributed by atoms with Crippen LogP contribution >= 0.6 is 0 Å². The second kappa shape index (κ2) is 7.06. The third kappa shape index (κ3) is 3.55. The van der Waals surface area contributed by atoms with Gasteiger partial charge in [-0.05, 0) is 47.2 Å². The lowest BCUT2D eigenvalue weighted by atomic mass is 9.93. The predicted octanol–water partition coefficient (Wildman–Crippen LogP) is 4.79. The molecule has 0 N–H and O–H groups in total. The molecule has 3 aromatic rings. The molecule has 0 saturated heterocycles. The average Bonchev–Trinajstić information content (AvgIpc) is 2.61. The Morgan fingerprint density at radius 1 is 1.08 bits per heavy atom. The highest BCUT2D eigenvalue weighted by atomic mass is 16.2. The van der Waals surface area contributed by atoms with Crippen molar-refractivity contribution in [3.05, 3.63) is 65.9 Å². The molecule has 3 nitrogen and oxygen atoms in total. The van der Waals surface area contributed by atoms with Crippen molar-refractivity contribution in [1.29, 1.82) is 0 Å². The standard InChI is InChI=1S/C22H24N2O/c1-15-7-5-6-8-18(15)19-11-12-23-21-14-17(9-10-20(19)21)16(2)13-22(25)24(3)4/h5-12,14,16H,13H2,1-4H3/t16-/m1/s1. The first-order chi connectivity index (χ1) is 12.0. The van der Waals surface area contributed by atoms with Gasteiger partial charge in [0, 0.05) is 32.1 Å². The molecule has 3 rings (SSSR count). The molecule has 2 aromatic carbocycles. The van der Waals surface area contributed by atoms with Gasteiger partial charge >= 0.3 is 0 Å². The third-order valence-corrected chi connectivity index (χ3v) is 4.75. The molecule has 0 aliphatic carbocycles. The number of hydrogen-bond donors (Lipinski definition) is 0. The van der Waals surface area contributed by atoms with E-state index in [-0.39, 0.29) is 11.8 Å². The summed E-state index contributed by atoms with van der Waals surface area (Å²) >= 11 is 0. The second-order valence-electron chi connectivity index (χ2n) is 6.84. The summed E-state index contributed by atoms with van der Waals surface area (Å²) in [6.45, 7) is 4.22. The zero-order valence-electron chi connectivity index (χ0n) is 15.3. The van der Waals surface area contributed by atoms with Crippen molar-refractivity contribution in [1.82, 2.24) is 9.88 Å². The Hall–Kier alpha value is -2.68. The van der Waals surface area contributed by atoms with Crippen LogP contribution in [0.15, 0.2) is 54.7 Å². The Morgan fingerprint density at radius 3 is 2.56 bits per heavy atom. The van der Waals surface area contributed by atoms with Crippen LogP contribution in [0.3, 0.4) is 0 Å². The molecule has 128 valence electrons. The van der Waals surface area contributed by atoms with Crippen molar-refractivity contribution in [2.24, 2.45) is 0 Å². The maximum atomic E-state index is 12.0. The molecule has 0 aliphatic rings. The van der Waals surface area contributed by atoms with E-state index in [1.165, 1.54) is 16.7 Å². The number of aromatic nitrogens is 1. The fraction of sp³-hybridized carbons (Fsp3) is 0.273. The van der Waals surface area contributed by atoms with Gasteiger partial charge in [-0.2, -0.15) is 0 Å². The fourth-order valence-electron chi connectivity index (χ4n) is 3.14. The lowest BCUT2D eigenvalue weighted by molar-refractivity contribution is -0.129. The Bertz CT molecular complexity index is 915. The van der Waals surface area contributed by atoms with Gasteiger partial charge in [0.2, 0.25) is 5.91 Å². The van der Waals surface area contributed by atoms with Gasteiger partial charge in [-0.3, -0.25) is 9.78 Å². The number of carbonyl (C=O) groups excluding carboxylic acids is 1. The first-order valence-corrected chi connectivity index (χ1v) is 8.62. The van der Waals surface area contributed by atoms with Crippen LogP contribution in [0.4, 0.5) is 0 Å². The lowest BCUT2D eigenvalue weighted by Gasteiger charge is -2.16. The molecule has 0 radical (unpaired) electrons. The minimum absolute atomic E-state index is 0.147. The summed E-state index contributed by atoms with van der Waals surface area (Å²) in [6, 6.07) is 16.9. The molecule has 25 heavy (non-hydrogen) atoms. The number of fused-ring (bicyclic) bond motifs is 1. The minimum atomic E-state index is 0.147. The van der Waals surface area contributed by atoms with E-state index in [0.717, 1.165) is 16.5 Å². The quantitative estimate of drug-likeness (QED) is 0.688.